The van der Waals surface area contributed by atoms with Crippen molar-refractivity contribution in [3.05, 3.63) is 35.9 Å². The van der Waals surface area contributed by atoms with Gasteiger partial charge in [0.15, 0.2) is 5.54 Å². The first kappa shape index (κ1) is 21.6. The molecule has 0 radical (unpaired) electrons. The van der Waals surface area contributed by atoms with Crippen LogP contribution in [0.3, 0.4) is 0 Å². The topological polar surface area (TPSA) is 133 Å². The highest BCUT2D eigenvalue weighted by Gasteiger charge is 2.55. The van der Waals surface area contributed by atoms with Gasteiger partial charge in [-0.15, -0.1) is 0 Å². The first-order valence-electron chi connectivity index (χ1n) is 7.58. The zero-order valence-electron chi connectivity index (χ0n) is 13.7. The number of halogens is 3. The lowest BCUT2D eigenvalue weighted by Crippen LogP contribution is -2.59. The van der Waals surface area contributed by atoms with Crippen molar-refractivity contribution >= 4 is 17.7 Å². The van der Waals surface area contributed by atoms with E-state index in [9.17, 15) is 27.6 Å². The number of carboxylic acid groups (broad SMARTS) is 1. The molecule has 0 saturated carbocycles. The molecule has 0 aliphatic rings. The molecule has 0 fully saturated rings. The summed E-state index contributed by atoms with van der Waals surface area (Å²) in [6, 6.07) is 7.52. The number of Topliss-reactive ketones (excluding diaryl/α,β-unsaturated/α-hetero) is 1. The smallest absolute Gasteiger partial charge is 0.452 e. The summed E-state index contributed by atoms with van der Waals surface area (Å²) in [5.41, 5.74) is 8.32. The molecule has 0 spiro atoms. The number of carbonyl (C=O) groups excluding carboxylic acids is 2. The lowest BCUT2D eigenvalue weighted by molar-refractivity contribution is -0.181. The normalized spacial score (nSPS) is 15.0. The lowest BCUT2D eigenvalue weighted by Gasteiger charge is -2.24. The fourth-order valence-corrected chi connectivity index (χ4v) is 2.12. The summed E-state index contributed by atoms with van der Waals surface area (Å²) in [7, 11) is 0. The first-order chi connectivity index (χ1) is 12.0. The number of aliphatic carboxylic acids is 1. The summed E-state index contributed by atoms with van der Waals surface area (Å²) in [5, 5.41) is 8.88. The molecule has 0 heterocycles. The predicted octanol–water partition coefficient (Wildman–Crippen LogP) is 1.14. The molecule has 144 valence electrons. The van der Waals surface area contributed by atoms with Gasteiger partial charge in [-0.2, -0.15) is 13.2 Å². The molecule has 26 heavy (non-hydrogen) atoms. The van der Waals surface area contributed by atoms with Crippen molar-refractivity contribution in [3.8, 4) is 0 Å². The van der Waals surface area contributed by atoms with E-state index in [1.807, 2.05) is 0 Å². The molecule has 0 aromatic heterocycles. The summed E-state index contributed by atoms with van der Waals surface area (Å²) >= 11 is 0. The van der Waals surface area contributed by atoms with Crippen LogP contribution in [-0.2, 0) is 25.7 Å². The Hall–Kier alpha value is -2.46. The average molecular weight is 376 g/mol. The van der Waals surface area contributed by atoms with E-state index in [1.165, 1.54) is 0 Å². The minimum atomic E-state index is -5.39. The van der Waals surface area contributed by atoms with Gasteiger partial charge in [-0.25, -0.2) is 4.79 Å². The molecule has 1 aromatic carbocycles. The molecule has 2 atom stereocenters. The Labute approximate surface area is 147 Å². The van der Waals surface area contributed by atoms with Gasteiger partial charge in [-0.1, -0.05) is 30.3 Å². The van der Waals surface area contributed by atoms with E-state index >= 15 is 0 Å². The zero-order chi connectivity index (χ0) is 20.0. The van der Waals surface area contributed by atoms with Crippen LogP contribution in [0.25, 0.3) is 0 Å². The van der Waals surface area contributed by atoms with Crippen molar-refractivity contribution in [1.82, 2.24) is 0 Å². The Balaban J connectivity index is 2.54. The van der Waals surface area contributed by atoms with Gasteiger partial charge < -0.3 is 21.3 Å². The van der Waals surface area contributed by atoms with Crippen LogP contribution in [0.2, 0.25) is 0 Å². The molecular weight excluding hydrogens is 357 g/mol. The number of ketones is 1. The molecule has 10 heteroatoms. The molecule has 0 aliphatic heterocycles. The van der Waals surface area contributed by atoms with Crippen molar-refractivity contribution in [3.63, 3.8) is 0 Å². The van der Waals surface area contributed by atoms with Crippen molar-refractivity contribution in [2.45, 2.75) is 43.6 Å². The minimum absolute atomic E-state index is 0.0319. The summed E-state index contributed by atoms with van der Waals surface area (Å²) in [6.45, 7) is -0.0319. The minimum Gasteiger partial charge on any atom is -0.480 e. The summed E-state index contributed by atoms with van der Waals surface area (Å²) in [6.07, 6.45) is -6.68. The van der Waals surface area contributed by atoms with E-state index in [0.29, 0.717) is 0 Å². The Kier molecular flexibility index (Phi) is 7.28. The Morgan fingerprint density at radius 1 is 1.15 bits per heavy atom. The molecule has 0 bridgehead atoms. The highest BCUT2D eigenvalue weighted by molar-refractivity contribution is 6.09. The largest absolute Gasteiger partial charge is 0.480 e. The number of rotatable bonds is 9. The first-order valence-corrected chi connectivity index (χ1v) is 7.58. The number of hydrogen-bond acceptors (Lipinski definition) is 6. The van der Waals surface area contributed by atoms with Crippen molar-refractivity contribution in [2.75, 3.05) is 0 Å². The van der Waals surface area contributed by atoms with E-state index in [2.05, 4.69) is 0 Å². The number of benzene rings is 1. The van der Waals surface area contributed by atoms with Crippen LogP contribution in [0.4, 0.5) is 13.2 Å². The van der Waals surface area contributed by atoms with Gasteiger partial charge in [-0.05, 0) is 24.8 Å². The second-order valence-electron chi connectivity index (χ2n) is 5.70. The SMILES string of the molecule is NC(CCC[C@](N)(C(=O)O)C(=O)C(F)(F)F)C(=O)OCc1ccccc1. The Morgan fingerprint density at radius 3 is 2.23 bits per heavy atom. The highest BCUT2D eigenvalue weighted by atomic mass is 19.4. The van der Waals surface area contributed by atoms with Crippen molar-refractivity contribution in [2.24, 2.45) is 11.5 Å². The molecule has 1 unspecified atom stereocenters. The monoisotopic (exact) mass is 376 g/mol. The maximum atomic E-state index is 12.5. The number of nitrogens with two attached hydrogens (primary N) is 2. The van der Waals surface area contributed by atoms with Gasteiger partial charge in [0.25, 0.3) is 5.78 Å². The van der Waals surface area contributed by atoms with E-state index in [-0.39, 0.29) is 19.4 Å². The number of alkyl halides is 3. The zero-order valence-corrected chi connectivity index (χ0v) is 13.7. The van der Waals surface area contributed by atoms with Gasteiger partial charge in [-0.3, -0.25) is 9.59 Å². The third-order valence-corrected chi connectivity index (χ3v) is 3.66. The third-order valence-electron chi connectivity index (χ3n) is 3.66. The molecule has 5 N–H and O–H groups in total. The van der Waals surface area contributed by atoms with Gasteiger partial charge in [0.2, 0.25) is 0 Å². The van der Waals surface area contributed by atoms with Crippen molar-refractivity contribution < 1.29 is 37.4 Å². The van der Waals surface area contributed by atoms with Crippen LogP contribution >= 0.6 is 0 Å². The fraction of sp³-hybridized carbons (Fsp3) is 0.438. The van der Waals surface area contributed by atoms with Crippen LogP contribution in [0.15, 0.2) is 30.3 Å². The van der Waals surface area contributed by atoms with Crippen LogP contribution in [-0.4, -0.2) is 40.6 Å². The summed E-state index contributed by atoms with van der Waals surface area (Å²) < 4.78 is 42.4. The van der Waals surface area contributed by atoms with Crippen LogP contribution in [0, 0.1) is 0 Å². The molecule has 1 aromatic rings. The Morgan fingerprint density at radius 2 is 1.73 bits per heavy atom. The fourth-order valence-electron chi connectivity index (χ4n) is 2.12. The second-order valence-corrected chi connectivity index (χ2v) is 5.70. The number of carboxylic acids is 1. The molecule has 0 amide bonds. The van der Waals surface area contributed by atoms with Crippen LogP contribution in [0.5, 0.6) is 0 Å². The molecule has 7 nitrogen and oxygen atoms in total. The predicted molar refractivity (Wildman–Crippen MR) is 83.7 cm³/mol. The van der Waals surface area contributed by atoms with E-state index in [1.54, 1.807) is 30.3 Å². The van der Waals surface area contributed by atoms with E-state index < -0.39 is 41.9 Å². The van der Waals surface area contributed by atoms with Crippen molar-refractivity contribution in [1.29, 1.82) is 0 Å². The number of carbonyl (C=O) groups is 3. The standard InChI is InChI=1S/C16H19F3N2O5/c17-16(18,19)13(23)15(21,14(24)25)8-4-7-11(20)12(22)26-9-10-5-2-1-3-6-10/h1-3,5-6,11H,4,7-9,20-21H2,(H,24,25)/t11?,15-/m1/s1. The average Bonchev–Trinajstić information content (AvgIpc) is 2.58. The molecular formula is C16H19F3N2O5. The summed E-state index contributed by atoms with van der Waals surface area (Å²) in [5.74, 6) is -5.45. The third kappa shape index (κ3) is 5.81. The lowest BCUT2D eigenvalue weighted by atomic mass is 9.88. The maximum absolute atomic E-state index is 12.5. The summed E-state index contributed by atoms with van der Waals surface area (Å²) in [4.78, 5) is 34.0. The number of ether oxygens (including phenoxy) is 1. The molecule has 0 aliphatic carbocycles. The second kappa shape index (κ2) is 8.77. The van der Waals surface area contributed by atoms with Gasteiger partial charge in [0.05, 0.1) is 0 Å². The van der Waals surface area contributed by atoms with Gasteiger partial charge in [0.1, 0.15) is 12.6 Å². The Bertz CT molecular complexity index is 651. The quantitative estimate of drug-likeness (QED) is 0.435. The highest BCUT2D eigenvalue weighted by Crippen LogP contribution is 2.26. The van der Waals surface area contributed by atoms with Gasteiger partial charge >= 0.3 is 18.1 Å². The molecule has 0 saturated heterocycles. The number of hydrogen-bond donors (Lipinski definition) is 3. The van der Waals surface area contributed by atoms with E-state index in [4.69, 9.17) is 21.3 Å². The maximum Gasteiger partial charge on any atom is 0.452 e. The van der Waals surface area contributed by atoms with Crippen LogP contribution in [0.1, 0.15) is 24.8 Å². The number of esters is 1. The molecule has 1 rings (SSSR count). The van der Waals surface area contributed by atoms with Gasteiger partial charge in [0, 0.05) is 0 Å². The van der Waals surface area contributed by atoms with E-state index in [0.717, 1.165) is 5.56 Å². The van der Waals surface area contributed by atoms with Crippen LogP contribution < -0.4 is 11.5 Å².